The van der Waals surface area contributed by atoms with Crippen molar-refractivity contribution in [1.29, 1.82) is 0 Å². The molecule has 2 rings (SSSR count). The monoisotopic (exact) mass is 196 g/mol. The third kappa shape index (κ3) is 1.82. The topological polar surface area (TPSA) is 15.3 Å². The number of hydrogen-bond donors (Lipinski definition) is 1. The van der Waals surface area contributed by atoms with E-state index >= 15 is 0 Å². The second-order valence-electron chi connectivity index (χ2n) is 6.15. The van der Waals surface area contributed by atoms with Gasteiger partial charge in [0.15, 0.2) is 0 Å². The summed E-state index contributed by atoms with van der Waals surface area (Å²) in [4.78, 5) is 2.76. The highest BCUT2D eigenvalue weighted by Gasteiger charge is 2.46. The summed E-state index contributed by atoms with van der Waals surface area (Å²) in [5, 5.41) is 3.56. The molecule has 0 aromatic heterocycles. The molecule has 0 aromatic carbocycles. The molecule has 1 aliphatic heterocycles. The highest BCUT2D eigenvalue weighted by Crippen LogP contribution is 2.40. The molecule has 1 saturated heterocycles. The van der Waals surface area contributed by atoms with Crippen molar-refractivity contribution in [3.05, 3.63) is 0 Å². The van der Waals surface area contributed by atoms with Crippen molar-refractivity contribution in [1.82, 2.24) is 10.2 Å². The minimum atomic E-state index is 0.321. The van der Waals surface area contributed by atoms with Crippen LogP contribution in [0.5, 0.6) is 0 Å². The Hall–Kier alpha value is -0.0800. The van der Waals surface area contributed by atoms with Gasteiger partial charge in [-0.3, -0.25) is 4.90 Å². The molecule has 2 heteroatoms. The van der Waals surface area contributed by atoms with Crippen LogP contribution in [-0.4, -0.2) is 35.1 Å². The van der Waals surface area contributed by atoms with Crippen molar-refractivity contribution in [2.45, 2.75) is 64.1 Å². The maximum atomic E-state index is 3.56. The smallest absolute Gasteiger partial charge is 0.0285 e. The van der Waals surface area contributed by atoms with Crippen molar-refractivity contribution in [3.63, 3.8) is 0 Å². The zero-order chi connectivity index (χ0) is 10.4. The average molecular weight is 196 g/mol. The molecule has 0 unspecified atom stereocenters. The van der Waals surface area contributed by atoms with Crippen molar-refractivity contribution in [2.75, 3.05) is 13.1 Å². The second kappa shape index (κ2) is 3.21. The number of hydrogen-bond acceptors (Lipinski definition) is 2. The first-order valence-electron chi connectivity index (χ1n) is 5.94. The first kappa shape index (κ1) is 10.4. The third-order valence-corrected chi connectivity index (χ3v) is 3.69. The molecule has 1 heterocycles. The van der Waals surface area contributed by atoms with Gasteiger partial charge in [-0.1, -0.05) is 0 Å². The van der Waals surface area contributed by atoms with Gasteiger partial charge in [0.25, 0.3) is 0 Å². The predicted octanol–water partition coefficient (Wildman–Crippen LogP) is 2.00. The minimum Gasteiger partial charge on any atom is -0.315 e. The van der Waals surface area contributed by atoms with Crippen LogP contribution in [0.2, 0.25) is 0 Å². The fraction of sp³-hybridized carbons (Fsp3) is 1.00. The Kier molecular flexibility index (Phi) is 2.39. The van der Waals surface area contributed by atoms with E-state index in [0.717, 1.165) is 12.6 Å². The summed E-state index contributed by atoms with van der Waals surface area (Å²) in [5.41, 5.74) is 0.690. The molecule has 1 aliphatic carbocycles. The summed E-state index contributed by atoms with van der Waals surface area (Å²) in [6.07, 6.45) is 4.09. The lowest BCUT2D eigenvalue weighted by atomic mass is 9.91. The van der Waals surface area contributed by atoms with Gasteiger partial charge in [-0.05, 0) is 53.5 Å². The molecule has 82 valence electrons. The van der Waals surface area contributed by atoms with Gasteiger partial charge in [0.1, 0.15) is 0 Å². The minimum absolute atomic E-state index is 0.321. The van der Waals surface area contributed by atoms with Gasteiger partial charge in [0, 0.05) is 23.7 Å². The van der Waals surface area contributed by atoms with E-state index in [2.05, 4.69) is 37.9 Å². The zero-order valence-corrected chi connectivity index (χ0v) is 10.1. The van der Waals surface area contributed by atoms with Gasteiger partial charge in [-0.2, -0.15) is 0 Å². The Morgan fingerprint density at radius 2 is 1.71 bits per heavy atom. The first-order valence-corrected chi connectivity index (χ1v) is 5.94. The zero-order valence-electron chi connectivity index (χ0n) is 10.1. The standard InChI is InChI=1S/C12H24N2/c1-11(2)7-8-13-9-12(3,4)14(11)10-5-6-10/h10,13H,5-9H2,1-4H3. The number of nitrogens with zero attached hydrogens (tertiary/aromatic N) is 1. The van der Waals surface area contributed by atoms with Gasteiger partial charge >= 0.3 is 0 Å². The molecule has 0 spiro atoms. The van der Waals surface area contributed by atoms with E-state index in [1.54, 1.807) is 0 Å². The molecule has 2 nitrogen and oxygen atoms in total. The molecule has 0 atom stereocenters. The second-order valence-corrected chi connectivity index (χ2v) is 6.15. The largest absolute Gasteiger partial charge is 0.315 e. The van der Waals surface area contributed by atoms with Gasteiger partial charge in [0.05, 0.1) is 0 Å². The van der Waals surface area contributed by atoms with Crippen LogP contribution in [0.25, 0.3) is 0 Å². The molecule has 1 saturated carbocycles. The lowest BCUT2D eigenvalue weighted by molar-refractivity contribution is 0.0190. The van der Waals surface area contributed by atoms with E-state index in [4.69, 9.17) is 0 Å². The third-order valence-electron chi connectivity index (χ3n) is 3.69. The molecule has 0 bridgehead atoms. The van der Waals surface area contributed by atoms with Crippen LogP contribution in [0.1, 0.15) is 47.0 Å². The normalized spacial score (nSPS) is 32.6. The van der Waals surface area contributed by atoms with Crippen molar-refractivity contribution >= 4 is 0 Å². The summed E-state index contributed by atoms with van der Waals surface area (Å²) in [6, 6.07) is 0.861. The van der Waals surface area contributed by atoms with Gasteiger partial charge in [-0.15, -0.1) is 0 Å². The molecule has 2 aliphatic rings. The van der Waals surface area contributed by atoms with Crippen LogP contribution in [0.15, 0.2) is 0 Å². The Bertz CT molecular complexity index is 198. The lowest BCUT2D eigenvalue weighted by Crippen LogP contribution is -2.57. The SMILES string of the molecule is CC1(C)CCNCC(C)(C)N1C1CC1. The van der Waals surface area contributed by atoms with E-state index in [9.17, 15) is 0 Å². The summed E-state index contributed by atoms with van der Waals surface area (Å²) in [5.74, 6) is 0. The lowest BCUT2D eigenvalue weighted by Gasteiger charge is -2.47. The maximum Gasteiger partial charge on any atom is 0.0285 e. The first-order chi connectivity index (χ1) is 6.43. The predicted molar refractivity (Wildman–Crippen MR) is 60.5 cm³/mol. The average Bonchev–Trinajstić information content (AvgIpc) is 2.79. The van der Waals surface area contributed by atoms with Crippen LogP contribution in [-0.2, 0) is 0 Å². The molecule has 14 heavy (non-hydrogen) atoms. The fourth-order valence-corrected chi connectivity index (χ4v) is 3.13. The number of rotatable bonds is 1. The molecular weight excluding hydrogens is 172 g/mol. The summed E-state index contributed by atoms with van der Waals surface area (Å²) in [6.45, 7) is 11.9. The van der Waals surface area contributed by atoms with Crippen LogP contribution in [0.4, 0.5) is 0 Å². The van der Waals surface area contributed by atoms with E-state index in [0.29, 0.717) is 11.1 Å². The van der Waals surface area contributed by atoms with Crippen LogP contribution < -0.4 is 5.32 Å². The van der Waals surface area contributed by atoms with E-state index in [1.165, 1.54) is 25.8 Å². The summed E-state index contributed by atoms with van der Waals surface area (Å²) >= 11 is 0. The Balaban J connectivity index is 2.24. The summed E-state index contributed by atoms with van der Waals surface area (Å²) in [7, 11) is 0. The maximum absolute atomic E-state index is 3.56. The Morgan fingerprint density at radius 3 is 2.29 bits per heavy atom. The molecule has 2 fully saturated rings. The Morgan fingerprint density at radius 1 is 1.07 bits per heavy atom. The fourth-order valence-electron chi connectivity index (χ4n) is 3.13. The highest BCUT2D eigenvalue weighted by atomic mass is 15.3. The van der Waals surface area contributed by atoms with Crippen molar-refractivity contribution in [2.24, 2.45) is 0 Å². The molecule has 0 amide bonds. The van der Waals surface area contributed by atoms with Gasteiger partial charge < -0.3 is 5.32 Å². The van der Waals surface area contributed by atoms with E-state index in [-0.39, 0.29) is 0 Å². The van der Waals surface area contributed by atoms with E-state index < -0.39 is 0 Å². The quantitative estimate of drug-likeness (QED) is 0.690. The van der Waals surface area contributed by atoms with Crippen molar-refractivity contribution in [3.8, 4) is 0 Å². The summed E-state index contributed by atoms with van der Waals surface area (Å²) < 4.78 is 0. The van der Waals surface area contributed by atoms with Gasteiger partial charge in [0.2, 0.25) is 0 Å². The highest BCUT2D eigenvalue weighted by molar-refractivity contribution is 5.03. The van der Waals surface area contributed by atoms with Crippen LogP contribution >= 0.6 is 0 Å². The molecule has 0 aromatic rings. The van der Waals surface area contributed by atoms with Gasteiger partial charge in [-0.25, -0.2) is 0 Å². The van der Waals surface area contributed by atoms with E-state index in [1.807, 2.05) is 0 Å². The molecule has 0 radical (unpaired) electrons. The number of nitrogens with one attached hydrogen (secondary N) is 1. The van der Waals surface area contributed by atoms with Crippen LogP contribution in [0, 0.1) is 0 Å². The van der Waals surface area contributed by atoms with Crippen molar-refractivity contribution < 1.29 is 0 Å². The van der Waals surface area contributed by atoms with Crippen LogP contribution in [0.3, 0.4) is 0 Å². The molecular formula is C12H24N2. The Labute approximate surface area is 88.1 Å². The molecule has 1 N–H and O–H groups in total.